The number of anilines is 1. The minimum atomic E-state index is -0.551. The molecule has 1 aliphatic heterocycles. The second kappa shape index (κ2) is 5.62. The van der Waals surface area contributed by atoms with Crippen LogP contribution in [0.2, 0.25) is 0 Å². The summed E-state index contributed by atoms with van der Waals surface area (Å²) in [6.45, 7) is 1.94. The molecule has 0 saturated carbocycles. The quantitative estimate of drug-likeness (QED) is 0.813. The summed E-state index contributed by atoms with van der Waals surface area (Å²) in [6.07, 6.45) is 0.968. The average Bonchev–Trinajstić information content (AvgIpc) is 2.82. The Bertz CT molecular complexity index is 425. The van der Waals surface area contributed by atoms with Gasteiger partial charge in [0.1, 0.15) is 17.4 Å². The van der Waals surface area contributed by atoms with Crippen molar-refractivity contribution in [3.05, 3.63) is 29.6 Å². The molecule has 0 bridgehead atoms. The van der Waals surface area contributed by atoms with Crippen molar-refractivity contribution in [1.82, 2.24) is 0 Å². The van der Waals surface area contributed by atoms with Gasteiger partial charge in [-0.2, -0.15) is 5.26 Å². The van der Waals surface area contributed by atoms with Crippen molar-refractivity contribution in [3.8, 4) is 6.07 Å². The lowest BCUT2D eigenvalue weighted by Crippen LogP contribution is -2.13. The Morgan fingerprint density at radius 1 is 1.59 bits per heavy atom. The first kappa shape index (κ1) is 11.8. The van der Waals surface area contributed by atoms with Crippen LogP contribution in [0.5, 0.6) is 0 Å². The highest BCUT2D eigenvalue weighted by atomic mass is 19.1. The third-order valence-corrected chi connectivity index (χ3v) is 2.65. The van der Waals surface area contributed by atoms with E-state index in [4.69, 9.17) is 14.8 Å². The minimum Gasteiger partial charge on any atom is -0.381 e. The Kier molecular flexibility index (Phi) is 3.91. The van der Waals surface area contributed by atoms with E-state index in [1.165, 1.54) is 12.1 Å². The summed E-state index contributed by atoms with van der Waals surface area (Å²) < 4.78 is 18.4. The molecular formula is C12H13FN2O2. The number of nitriles is 1. The summed E-state index contributed by atoms with van der Waals surface area (Å²) in [6, 6.07) is 6.18. The third kappa shape index (κ3) is 2.93. The summed E-state index contributed by atoms with van der Waals surface area (Å²) in [5.41, 5.74) is 2.93. The molecule has 1 heterocycles. The zero-order chi connectivity index (χ0) is 12.1. The fraction of sp³-hybridized carbons (Fsp3) is 0.417. The molecular weight excluding hydrogens is 223 g/mol. The lowest BCUT2D eigenvalue weighted by atomic mass is 10.1. The van der Waals surface area contributed by atoms with Crippen LogP contribution in [-0.2, 0) is 9.57 Å². The van der Waals surface area contributed by atoms with Crippen LogP contribution in [0, 0.1) is 23.1 Å². The largest absolute Gasteiger partial charge is 0.381 e. The lowest BCUT2D eigenvalue weighted by Gasteiger charge is -2.11. The molecule has 1 saturated heterocycles. The van der Waals surface area contributed by atoms with Crippen LogP contribution in [0.1, 0.15) is 12.0 Å². The van der Waals surface area contributed by atoms with Crippen LogP contribution in [0.4, 0.5) is 10.1 Å². The Hall–Kier alpha value is -1.64. The average molecular weight is 236 g/mol. The molecule has 17 heavy (non-hydrogen) atoms. The fourth-order valence-electron chi connectivity index (χ4n) is 1.67. The van der Waals surface area contributed by atoms with Crippen molar-refractivity contribution in [1.29, 1.82) is 5.26 Å². The number of rotatable bonds is 4. The monoisotopic (exact) mass is 236 g/mol. The molecule has 2 rings (SSSR count). The van der Waals surface area contributed by atoms with Gasteiger partial charge < -0.3 is 4.74 Å². The van der Waals surface area contributed by atoms with Gasteiger partial charge in [-0.15, -0.1) is 0 Å². The Balaban J connectivity index is 1.90. The predicted octanol–water partition coefficient (Wildman–Crippen LogP) is 2.08. The van der Waals surface area contributed by atoms with E-state index in [1.54, 1.807) is 12.1 Å². The van der Waals surface area contributed by atoms with Gasteiger partial charge in [-0.25, -0.2) is 4.39 Å². The number of nitrogens with zero attached hydrogens (tertiary/aromatic N) is 1. The zero-order valence-electron chi connectivity index (χ0n) is 9.28. The standard InChI is InChI=1S/C12H13FN2O2/c13-11-2-1-3-12(10(11)6-14)15-17-8-9-4-5-16-7-9/h1-3,9,15H,4-5,7-8H2. The predicted molar refractivity (Wildman–Crippen MR) is 59.6 cm³/mol. The molecule has 0 amide bonds. The molecule has 1 aromatic rings. The van der Waals surface area contributed by atoms with Crippen molar-refractivity contribution in [2.45, 2.75) is 6.42 Å². The first-order chi connectivity index (χ1) is 8.31. The van der Waals surface area contributed by atoms with E-state index in [0.717, 1.165) is 13.0 Å². The summed E-state index contributed by atoms with van der Waals surface area (Å²) in [5, 5.41) is 8.80. The van der Waals surface area contributed by atoms with Crippen molar-refractivity contribution >= 4 is 5.69 Å². The Morgan fingerprint density at radius 2 is 2.47 bits per heavy atom. The molecule has 5 heteroatoms. The van der Waals surface area contributed by atoms with Gasteiger partial charge in [-0.1, -0.05) is 6.07 Å². The summed E-state index contributed by atoms with van der Waals surface area (Å²) in [7, 11) is 0. The highest BCUT2D eigenvalue weighted by Crippen LogP contribution is 2.18. The van der Waals surface area contributed by atoms with E-state index in [2.05, 4.69) is 5.48 Å². The van der Waals surface area contributed by atoms with Gasteiger partial charge >= 0.3 is 0 Å². The smallest absolute Gasteiger partial charge is 0.143 e. The van der Waals surface area contributed by atoms with Crippen molar-refractivity contribution in [2.24, 2.45) is 5.92 Å². The molecule has 1 unspecified atom stereocenters. The van der Waals surface area contributed by atoms with Gasteiger partial charge in [-0.05, 0) is 18.6 Å². The molecule has 4 nitrogen and oxygen atoms in total. The van der Waals surface area contributed by atoms with Crippen molar-refractivity contribution in [2.75, 3.05) is 25.3 Å². The van der Waals surface area contributed by atoms with E-state index in [1.807, 2.05) is 0 Å². The van der Waals surface area contributed by atoms with Crippen LogP contribution >= 0.6 is 0 Å². The molecule has 90 valence electrons. The fourth-order valence-corrected chi connectivity index (χ4v) is 1.67. The van der Waals surface area contributed by atoms with Gasteiger partial charge in [0.05, 0.1) is 18.9 Å². The van der Waals surface area contributed by atoms with Gasteiger partial charge in [0.2, 0.25) is 0 Å². The third-order valence-electron chi connectivity index (χ3n) is 2.65. The second-order valence-corrected chi connectivity index (χ2v) is 3.92. The molecule has 0 radical (unpaired) electrons. The van der Waals surface area contributed by atoms with E-state index in [0.29, 0.717) is 24.8 Å². The van der Waals surface area contributed by atoms with E-state index in [9.17, 15) is 4.39 Å². The number of hydrogen-bond acceptors (Lipinski definition) is 4. The van der Waals surface area contributed by atoms with Crippen LogP contribution < -0.4 is 5.48 Å². The van der Waals surface area contributed by atoms with Gasteiger partial charge in [0, 0.05) is 12.5 Å². The van der Waals surface area contributed by atoms with Crippen molar-refractivity contribution in [3.63, 3.8) is 0 Å². The van der Waals surface area contributed by atoms with E-state index in [-0.39, 0.29) is 5.56 Å². The molecule has 1 atom stereocenters. The normalized spacial score (nSPS) is 18.9. The number of ether oxygens (including phenoxy) is 1. The molecule has 1 aliphatic rings. The van der Waals surface area contributed by atoms with Gasteiger partial charge in [0.25, 0.3) is 0 Å². The second-order valence-electron chi connectivity index (χ2n) is 3.92. The number of hydrogen-bond donors (Lipinski definition) is 1. The van der Waals surface area contributed by atoms with E-state index >= 15 is 0 Å². The van der Waals surface area contributed by atoms with Crippen LogP contribution in [0.15, 0.2) is 18.2 Å². The minimum absolute atomic E-state index is 0.0322. The maximum atomic E-state index is 13.2. The summed E-state index contributed by atoms with van der Waals surface area (Å²) >= 11 is 0. The molecule has 1 N–H and O–H groups in total. The van der Waals surface area contributed by atoms with Crippen LogP contribution in [-0.4, -0.2) is 19.8 Å². The summed E-state index contributed by atoms with van der Waals surface area (Å²) in [5.74, 6) is -0.188. The summed E-state index contributed by atoms with van der Waals surface area (Å²) in [4.78, 5) is 5.25. The Labute approximate surface area is 98.9 Å². The van der Waals surface area contributed by atoms with Crippen LogP contribution in [0.3, 0.4) is 0 Å². The molecule has 0 aromatic heterocycles. The molecule has 1 aromatic carbocycles. The van der Waals surface area contributed by atoms with E-state index < -0.39 is 5.82 Å². The van der Waals surface area contributed by atoms with Gasteiger partial charge in [-0.3, -0.25) is 10.3 Å². The number of nitrogens with one attached hydrogen (secondary N) is 1. The molecule has 0 spiro atoms. The van der Waals surface area contributed by atoms with Gasteiger partial charge in [0.15, 0.2) is 0 Å². The molecule has 0 aliphatic carbocycles. The lowest BCUT2D eigenvalue weighted by molar-refractivity contribution is 0.127. The van der Waals surface area contributed by atoms with Crippen LogP contribution in [0.25, 0.3) is 0 Å². The number of benzene rings is 1. The first-order valence-electron chi connectivity index (χ1n) is 5.45. The maximum Gasteiger partial charge on any atom is 0.143 e. The number of halogens is 1. The topological polar surface area (TPSA) is 54.3 Å². The highest BCUT2D eigenvalue weighted by molar-refractivity contribution is 5.56. The highest BCUT2D eigenvalue weighted by Gasteiger charge is 2.16. The van der Waals surface area contributed by atoms with Crippen molar-refractivity contribution < 1.29 is 14.0 Å². The SMILES string of the molecule is N#Cc1c(F)cccc1NOCC1CCOC1. The Morgan fingerprint density at radius 3 is 3.18 bits per heavy atom. The zero-order valence-corrected chi connectivity index (χ0v) is 9.28. The molecule has 1 fully saturated rings. The maximum absolute atomic E-state index is 13.2. The first-order valence-corrected chi connectivity index (χ1v) is 5.45.